The van der Waals surface area contributed by atoms with Gasteiger partial charge in [0.05, 0.1) is 18.9 Å². The molecule has 0 fully saturated rings. The minimum Gasteiger partial charge on any atom is -0.496 e. The van der Waals surface area contributed by atoms with Gasteiger partial charge in [-0.25, -0.2) is 5.43 Å². The molecule has 0 radical (unpaired) electrons. The Kier molecular flexibility index (Phi) is 4.10. The lowest BCUT2D eigenvalue weighted by atomic mass is 10.1. The monoisotopic (exact) mass is 307 g/mol. The van der Waals surface area contributed by atoms with Crippen LogP contribution in [0.2, 0.25) is 0 Å². The van der Waals surface area contributed by atoms with Gasteiger partial charge in [0, 0.05) is 22.2 Å². The molecule has 5 heteroatoms. The van der Waals surface area contributed by atoms with Crippen LogP contribution in [0, 0.1) is 6.92 Å². The van der Waals surface area contributed by atoms with Gasteiger partial charge in [0.25, 0.3) is 5.91 Å². The van der Waals surface area contributed by atoms with E-state index in [1.807, 2.05) is 37.3 Å². The van der Waals surface area contributed by atoms with Crippen molar-refractivity contribution >= 4 is 23.0 Å². The number of amides is 1. The molecule has 0 saturated carbocycles. The summed E-state index contributed by atoms with van der Waals surface area (Å²) in [7, 11) is 1.53. The molecule has 0 bridgehead atoms. The Hall–Kier alpha value is -3.08. The molecule has 116 valence electrons. The molecule has 5 nitrogen and oxygen atoms in total. The fraction of sp³-hybridized carbons (Fsp3) is 0.111. The first kappa shape index (κ1) is 14.8. The first-order chi connectivity index (χ1) is 11.2. The molecule has 0 atom stereocenters. The number of hydrazone groups is 1. The largest absolute Gasteiger partial charge is 0.496 e. The highest BCUT2D eigenvalue weighted by atomic mass is 16.5. The van der Waals surface area contributed by atoms with Crippen LogP contribution >= 0.6 is 0 Å². The van der Waals surface area contributed by atoms with Gasteiger partial charge in [0.2, 0.25) is 0 Å². The summed E-state index contributed by atoms with van der Waals surface area (Å²) in [6.45, 7) is 1.98. The lowest BCUT2D eigenvalue weighted by molar-refractivity contribution is 0.0952. The van der Waals surface area contributed by atoms with Crippen molar-refractivity contribution in [3.8, 4) is 5.75 Å². The smallest absolute Gasteiger partial charge is 0.275 e. The van der Waals surface area contributed by atoms with Gasteiger partial charge >= 0.3 is 0 Å². The van der Waals surface area contributed by atoms with Crippen LogP contribution in [0.4, 0.5) is 0 Å². The van der Waals surface area contributed by atoms with Crippen LogP contribution in [0.15, 0.2) is 53.6 Å². The number of carbonyl (C=O) groups excluding carboxylic acids is 1. The Balaban J connectivity index is 1.81. The molecule has 1 heterocycles. The fourth-order valence-electron chi connectivity index (χ4n) is 2.51. The number of ether oxygens (including phenoxy) is 1. The Morgan fingerprint density at radius 1 is 1.17 bits per heavy atom. The van der Waals surface area contributed by atoms with Crippen molar-refractivity contribution in [3.05, 3.63) is 65.4 Å². The van der Waals surface area contributed by atoms with Crippen molar-refractivity contribution < 1.29 is 9.53 Å². The van der Waals surface area contributed by atoms with E-state index in [4.69, 9.17) is 4.74 Å². The second-order valence-corrected chi connectivity index (χ2v) is 5.11. The zero-order valence-electron chi connectivity index (χ0n) is 13.0. The van der Waals surface area contributed by atoms with Crippen molar-refractivity contribution in [1.82, 2.24) is 10.4 Å². The number of methoxy groups -OCH3 is 1. The van der Waals surface area contributed by atoms with E-state index in [0.717, 1.165) is 22.2 Å². The van der Waals surface area contributed by atoms with E-state index in [-0.39, 0.29) is 5.91 Å². The summed E-state index contributed by atoms with van der Waals surface area (Å²) in [6.07, 6.45) is 1.65. The molecule has 23 heavy (non-hydrogen) atoms. The number of rotatable bonds is 4. The van der Waals surface area contributed by atoms with Gasteiger partial charge in [-0.05, 0) is 25.1 Å². The quantitative estimate of drug-likeness (QED) is 0.574. The number of carbonyl (C=O) groups is 1. The number of benzene rings is 2. The number of H-pyrrole nitrogens is 1. The number of nitrogens with one attached hydrogen (secondary N) is 2. The highest BCUT2D eigenvalue weighted by Gasteiger charge is 2.10. The lowest BCUT2D eigenvalue weighted by Gasteiger charge is -2.05. The standard InChI is InChI=1S/C18H17N3O2/c1-12-15(13-7-3-5-9-16(13)20-12)11-19-21-18(22)14-8-4-6-10-17(14)23-2/h3-11,20H,1-2H3,(H,21,22)/b19-11+. The molecule has 0 saturated heterocycles. The van der Waals surface area contributed by atoms with Crippen molar-refractivity contribution in [2.24, 2.45) is 5.10 Å². The molecule has 0 aliphatic rings. The maximum Gasteiger partial charge on any atom is 0.275 e. The summed E-state index contributed by atoms with van der Waals surface area (Å²) in [6, 6.07) is 15.0. The normalized spacial score (nSPS) is 11.0. The molecule has 0 aliphatic heterocycles. The SMILES string of the molecule is COc1ccccc1C(=O)N/N=C/c1c(C)[nH]c2ccccc12. The third-order valence-electron chi connectivity index (χ3n) is 3.65. The molecule has 3 aromatic rings. The molecular formula is C18H17N3O2. The third kappa shape index (κ3) is 2.94. The van der Waals surface area contributed by atoms with Crippen LogP contribution in [0.5, 0.6) is 5.75 Å². The van der Waals surface area contributed by atoms with Crippen LogP contribution in [0.1, 0.15) is 21.6 Å². The molecule has 3 rings (SSSR count). The molecule has 0 aliphatic carbocycles. The number of aryl methyl sites for hydroxylation is 1. The summed E-state index contributed by atoms with van der Waals surface area (Å²) in [5.41, 5.74) is 5.99. The average Bonchev–Trinajstić information content (AvgIpc) is 2.90. The van der Waals surface area contributed by atoms with Crippen LogP contribution in [0.25, 0.3) is 10.9 Å². The van der Waals surface area contributed by atoms with Crippen molar-refractivity contribution in [3.63, 3.8) is 0 Å². The second kappa shape index (κ2) is 6.36. The van der Waals surface area contributed by atoms with Gasteiger partial charge in [0.15, 0.2) is 0 Å². The number of aromatic nitrogens is 1. The van der Waals surface area contributed by atoms with Crippen LogP contribution < -0.4 is 10.2 Å². The zero-order chi connectivity index (χ0) is 16.2. The van der Waals surface area contributed by atoms with Gasteiger partial charge in [0.1, 0.15) is 5.75 Å². The number of hydrogen-bond acceptors (Lipinski definition) is 3. The predicted molar refractivity (Wildman–Crippen MR) is 91.1 cm³/mol. The molecule has 1 aromatic heterocycles. The first-order valence-electron chi connectivity index (χ1n) is 7.24. The molecular weight excluding hydrogens is 290 g/mol. The fourth-order valence-corrected chi connectivity index (χ4v) is 2.51. The maximum absolute atomic E-state index is 12.2. The Labute approximate surface area is 134 Å². The average molecular weight is 307 g/mol. The molecule has 0 spiro atoms. The van der Waals surface area contributed by atoms with Gasteiger partial charge in [-0.1, -0.05) is 30.3 Å². The van der Waals surface area contributed by atoms with Crippen molar-refractivity contribution in [1.29, 1.82) is 0 Å². The molecule has 0 unspecified atom stereocenters. The summed E-state index contributed by atoms with van der Waals surface area (Å²) >= 11 is 0. The Morgan fingerprint density at radius 2 is 1.91 bits per heavy atom. The Bertz CT molecular complexity index is 881. The summed E-state index contributed by atoms with van der Waals surface area (Å²) in [4.78, 5) is 15.5. The molecule has 2 aromatic carbocycles. The highest BCUT2D eigenvalue weighted by Crippen LogP contribution is 2.20. The van der Waals surface area contributed by atoms with Gasteiger partial charge in [-0.15, -0.1) is 0 Å². The van der Waals surface area contributed by atoms with Gasteiger partial charge in [-0.3, -0.25) is 4.79 Å². The van der Waals surface area contributed by atoms with E-state index in [1.165, 1.54) is 7.11 Å². The van der Waals surface area contributed by atoms with Crippen molar-refractivity contribution in [2.45, 2.75) is 6.92 Å². The van der Waals surface area contributed by atoms with Gasteiger partial charge < -0.3 is 9.72 Å². The predicted octanol–water partition coefficient (Wildman–Crippen LogP) is 3.25. The van der Waals surface area contributed by atoms with Crippen LogP contribution in [0.3, 0.4) is 0 Å². The lowest BCUT2D eigenvalue weighted by Crippen LogP contribution is -2.18. The number of para-hydroxylation sites is 2. The van der Waals surface area contributed by atoms with Crippen LogP contribution in [-0.4, -0.2) is 24.2 Å². The summed E-state index contributed by atoms with van der Waals surface area (Å²) in [5.74, 6) is 0.208. The Morgan fingerprint density at radius 3 is 2.74 bits per heavy atom. The summed E-state index contributed by atoms with van der Waals surface area (Å²) in [5, 5.41) is 5.15. The van der Waals surface area contributed by atoms with E-state index in [1.54, 1.807) is 24.4 Å². The number of fused-ring (bicyclic) bond motifs is 1. The van der Waals surface area contributed by atoms with E-state index in [0.29, 0.717) is 11.3 Å². The first-order valence-corrected chi connectivity index (χ1v) is 7.24. The topological polar surface area (TPSA) is 66.5 Å². The minimum absolute atomic E-state index is 0.309. The maximum atomic E-state index is 12.2. The number of nitrogens with zero attached hydrogens (tertiary/aromatic N) is 1. The number of hydrogen-bond donors (Lipinski definition) is 2. The highest BCUT2D eigenvalue weighted by molar-refractivity contribution is 6.02. The minimum atomic E-state index is -0.309. The summed E-state index contributed by atoms with van der Waals surface area (Å²) < 4.78 is 5.18. The van der Waals surface area contributed by atoms with E-state index < -0.39 is 0 Å². The molecule has 1 amide bonds. The third-order valence-corrected chi connectivity index (χ3v) is 3.65. The van der Waals surface area contributed by atoms with E-state index >= 15 is 0 Å². The molecule has 2 N–H and O–H groups in total. The van der Waals surface area contributed by atoms with E-state index in [2.05, 4.69) is 15.5 Å². The van der Waals surface area contributed by atoms with Crippen LogP contribution in [-0.2, 0) is 0 Å². The van der Waals surface area contributed by atoms with Gasteiger partial charge in [-0.2, -0.15) is 5.10 Å². The van der Waals surface area contributed by atoms with E-state index in [9.17, 15) is 4.79 Å². The zero-order valence-corrected chi connectivity index (χ0v) is 13.0. The second-order valence-electron chi connectivity index (χ2n) is 5.11. The van der Waals surface area contributed by atoms with Crippen molar-refractivity contribution in [2.75, 3.05) is 7.11 Å². The number of aromatic amines is 1.